The normalized spacial score (nSPS) is 12.1. The van der Waals surface area contributed by atoms with Crippen LogP contribution in [0.3, 0.4) is 0 Å². The third kappa shape index (κ3) is 4.00. The Morgan fingerprint density at radius 1 is 1.20 bits per heavy atom. The molecule has 0 saturated heterocycles. The van der Waals surface area contributed by atoms with Crippen molar-refractivity contribution < 1.29 is 31.1 Å². The fraction of sp³-hybridized carbons (Fsp3) is 0.400. The monoisotopic (exact) mass is 362 g/mol. The van der Waals surface area contributed by atoms with E-state index in [1.807, 2.05) is 0 Å². The van der Waals surface area contributed by atoms with E-state index >= 15 is 0 Å². The Kier molecular flexibility index (Phi) is 4.86. The van der Waals surface area contributed by atoms with Gasteiger partial charge in [0.25, 0.3) is 0 Å². The van der Waals surface area contributed by atoms with Crippen LogP contribution in [0.25, 0.3) is 0 Å². The minimum absolute atomic E-state index is 0.315. The minimum atomic E-state index is -5.09. The highest BCUT2D eigenvalue weighted by molar-refractivity contribution is 9.08. The highest BCUT2D eigenvalue weighted by Gasteiger charge is 2.38. The van der Waals surface area contributed by atoms with Crippen LogP contribution in [0.5, 0.6) is 5.75 Å². The van der Waals surface area contributed by atoms with Crippen molar-refractivity contribution in [1.29, 1.82) is 5.26 Å². The van der Waals surface area contributed by atoms with Crippen molar-refractivity contribution in [2.24, 2.45) is 0 Å². The largest absolute Gasteiger partial charge is 0.573 e. The summed E-state index contributed by atoms with van der Waals surface area (Å²) in [6.07, 6.45) is -10.3. The van der Waals surface area contributed by atoms with Crippen molar-refractivity contribution >= 4 is 15.9 Å². The summed E-state index contributed by atoms with van der Waals surface area (Å²) in [5.74, 6) is -0.915. The molecule has 1 aromatic rings. The maximum Gasteiger partial charge on any atom is 0.573 e. The molecule has 110 valence electrons. The lowest BCUT2D eigenvalue weighted by molar-refractivity contribution is -0.275. The molecule has 1 heterocycles. The molecule has 0 saturated carbocycles. The van der Waals surface area contributed by atoms with E-state index in [1.165, 1.54) is 6.07 Å². The summed E-state index contributed by atoms with van der Waals surface area (Å²) in [5.41, 5.74) is -2.40. The SMILES string of the molecule is N#CCc1c(OC(F)(F)F)cnc(C(F)(F)F)c1CBr. The van der Waals surface area contributed by atoms with Crippen LogP contribution in [-0.4, -0.2) is 11.3 Å². The average Bonchev–Trinajstić information content (AvgIpc) is 2.27. The zero-order valence-corrected chi connectivity index (χ0v) is 11.0. The number of halogens is 7. The summed E-state index contributed by atoms with van der Waals surface area (Å²) in [7, 11) is 0. The van der Waals surface area contributed by atoms with Crippen LogP contribution >= 0.6 is 15.9 Å². The summed E-state index contributed by atoms with van der Waals surface area (Å²) >= 11 is 2.75. The molecule has 0 N–H and O–H groups in total. The van der Waals surface area contributed by atoms with Crippen LogP contribution in [-0.2, 0) is 17.9 Å². The molecule has 0 fully saturated rings. The van der Waals surface area contributed by atoms with Crippen molar-refractivity contribution in [3.8, 4) is 11.8 Å². The predicted molar refractivity (Wildman–Crippen MR) is 57.9 cm³/mol. The zero-order valence-electron chi connectivity index (χ0n) is 9.44. The topological polar surface area (TPSA) is 45.9 Å². The van der Waals surface area contributed by atoms with E-state index < -0.39 is 46.9 Å². The molecule has 1 rings (SSSR count). The molecular formula is C10H5BrF6N2O. The number of hydrogen-bond acceptors (Lipinski definition) is 3. The van der Waals surface area contributed by atoms with Crippen LogP contribution in [0.2, 0.25) is 0 Å². The van der Waals surface area contributed by atoms with Gasteiger partial charge in [0.2, 0.25) is 0 Å². The standard InChI is InChI=1S/C10H5BrF6N2O/c11-3-6-5(1-2-18)7(20-10(15,16)17)4-19-8(6)9(12,13)14/h4H,1,3H2. The van der Waals surface area contributed by atoms with E-state index in [2.05, 4.69) is 25.7 Å². The smallest absolute Gasteiger partial charge is 0.404 e. The van der Waals surface area contributed by atoms with Crippen molar-refractivity contribution in [1.82, 2.24) is 4.98 Å². The molecule has 0 aliphatic carbocycles. The first kappa shape index (κ1) is 16.6. The molecule has 20 heavy (non-hydrogen) atoms. The van der Waals surface area contributed by atoms with Crippen LogP contribution in [0.15, 0.2) is 6.20 Å². The van der Waals surface area contributed by atoms with Gasteiger partial charge in [0.1, 0.15) is 5.69 Å². The first-order valence-electron chi connectivity index (χ1n) is 4.86. The quantitative estimate of drug-likeness (QED) is 0.603. The molecule has 0 aromatic carbocycles. The third-order valence-electron chi connectivity index (χ3n) is 2.14. The van der Waals surface area contributed by atoms with Crippen LogP contribution < -0.4 is 4.74 Å². The van der Waals surface area contributed by atoms with Crippen LogP contribution in [0.1, 0.15) is 16.8 Å². The summed E-state index contributed by atoms with van der Waals surface area (Å²) in [6.45, 7) is 0. The van der Waals surface area contributed by atoms with Crippen molar-refractivity contribution in [2.45, 2.75) is 24.3 Å². The number of rotatable bonds is 3. The van der Waals surface area contributed by atoms with E-state index in [-0.39, 0.29) is 0 Å². The Morgan fingerprint density at radius 2 is 1.80 bits per heavy atom. The Hall–Kier alpha value is -1.50. The van der Waals surface area contributed by atoms with Gasteiger partial charge in [0.15, 0.2) is 5.75 Å². The lowest BCUT2D eigenvalue weighted by Gasteiger charge is -2.17. The molecule has 0 atom stereocenters. The first-order valence-corrected chi connectivity index (χ1v) is 5.99. The molecule has 0 radical (unpaired) electrons. The second-order valence-electron chi connectivity index (χ2n) is 3.44. The number of nitrogens with zero attached hydrogens (tertiary/aromatic N) is 2. The van der Waals surface area contributed by atoms with Crippen molar-refractivity contribution in [3.63, 3.8) is 0 Å². The molecule has 1 aromatic heterocycles. The molecule has 3 nitrogen and oxygen atoms in total. The summed E-state index contributed by atoms with van der Waals surface area (Å²) < 4.78 is 78.2. The predicted octanol–water partition coefficient (Wildman–Crippen LogP) is 3.96. The van der Waals surface area contributed by atoms with E-state index in [9.17, 15) is 26.3 Å². The van der Waals surface area contributed by atoms with Gasteiger partial charge in [-0.3, -0.25) is 0 Å². The maximum absolute atomic E-state index is 12.7. The number of alkyl halides is 7. The van der Waals surface area contributed by atoms with Gasteiger partial charge in [-0.25, -0.2) is 4.98 Å². The average molecular weight is 363 g/mol. The Labute approximate surface area is 117 Å². The third-order valence-corrected chi connectivity index (χ3v) is 2.70. The number of nitriles is 1. The second kappa shape index (κ2) is 5.87. The molecule has 0 amide bonds. The van der Waals surface area contributed by atoms with Gasteiger partial charge in [0, 0.05) is 16.5 Å². The number of aromatic nitrogens is 1. The fourth-order valence-corrected chi connectivity index (χ4v) is 2.05. The summed E-state index contributed by atoms with van der Waals surface area (Å²) in [6, 6.07) is 1.50. The van der Waals surface area contributed by atoms with Gasteiger partial charge in [-0.1, -0.05) is 15.9 Å². The minimum Gasteiger partial charge on any atom is -0.404 e. The zero-order chi connectivity index (χ0) is 15.6. The van der Waals surface area contributed by atoms with Crippen molar-refractivity contribution in [2.75, 3.05) is 0 Å². The van der Waals surface area contributed by atoms with E-state index in [4.69, 9.17) is 5.26 Å². The molecule has 0 aliphatic rings. The number of pyridine rings is 1. The molecule has 10 heteroatoms. The van der Waals surface area contributed by atoms with Gasteiger partial charge in [-0.05, 0) is 0 Å². The lowest BCUT2D eigenvalue weighted by atomic mass is 10.0. The number of ether oxygens (including phenoxy) is 1. The molecule has 0 spiro atoms. The second-order valence-corrected chi connectivity index (χ2v) is 4.00. The molecular weight excluding hydrogens is 358 g/mol. The lowest BCUT2D eigenvalue weighted by Crippen LogP contribution is -2.20. The molecule has 0 aliphatic heterocycles. The van der Waals surface area contributed by atoms with E-state index in [0.717, 1.165) is 0 Å². The molecule has 0 unspecified atom stereocenters. The van der Waals surface area contributed by atoms with Gasteiger partial charge >= 0.3 is 12.5 Å². The Morgan fingerprint density at radius 3 is 2.20 bits per heavy atom. The van der Waals surface area contributed by atoms with Gasteiger partial charge < -0.3 is 4.74 Å². The van der Waals surface area contributed by atoms with Crippen LogP contribution in [0, 0.1) is 11.3 Å². The Balaban J connectivity index is 3.46. The summed E-state index contributed by atoms with van der Waals surface area (Å²) in [5, 5.41) is 8.14. The Bertz CT molecular complexity index is 534. The van der Waals surface area contributed by atoms with E-state index in [1.54, 1.807) is 0 Å². The highest BCUT2D eigenvalue weighted by atomic mass is 79.9. The maximum atomic E-state index is 12.7. The summed E-state index contributed by atoms with van der Waals surface area (Å²) in [4.78, 5) is 2.96. The van der Waals surface area contributed by atoms with Gasteiger partial charge in [-0.15, -0.1) is 13.2 Å². The highest BCUT2D eigenvalue weighted by Crippen LogP contribution is 2.37. The number of hydrogen-bond donors (Lipinski definition) is 0. The van der Waals surface area contributed by atoms with E-state index in [0.29, 0.717) is 6.20 Å². The van der Waals surface area contributed by atoms with Gasteiger partial charge in [0.05, 0.1) is 18.7 Å². The van der Waals surface area contributed by atoms with Crippen LogP contribution in [0.4, 0.5) is 26.3 Å². The molecule has 0 bridgehead atoms. The fourth-order valence-electron chi connectivity index (χ4n) is 1.44. The van der Waals surface area contributed by atoms with Gasteiger partial charge in [-0.2, -0.15) is 18.4 Å². The first-order chi connectivity index (χ1) is 9.10. The van der Waals surface area contributed by atoms with Crippen molar-refractivity contribution in [3.05, 3.63) is 23.0 Å².